The Kier molecular flexibility index (Phi) is 4.25. The second-order valence-corrected chi connectivity index (χ2v) is 8.15. The molecule has 0 spiro atoms. The molecule has 5 aromatic rings. The molecule has 0 aliphatic heterocycles. The molecule has 2 heterocycles. The zero-order valence-electron chi connectivity index (χ0n) is 16.5. The van der Waals surface area contributed by atoms with Gasteiger partial charge in [0, 0.05) is 35.7 Å². The van der Waals surface area contributed by atoms with E-state index in [2.05, 4.69) is 34.1 Å². The van der Waals surface area contributed by atoms with Crippen molar-refractivity contribution >= 4 is 37.6 Å². The molecule has 5 rings (SSSR count). The van der Waals surface area contributed by atoms with Crippen LogP contribution in [0.25, 0.3) is 38.6 Å². The van der Waals surface area contributed by atoms with Crippen LogP contribution in [0.5, 0.6) is 0 Å². The van der Waals surface area contributed by atoms with E-state index in [1.165, 1.54) is 11.6 Å². The van der Waals surface area contributed by atoms with Crippen LogP contribution >= 0.6 is 15.9 Å². The van der Waals surface area contributed by atoms with Crippen molar-refractivity contribution in [1.29, 1.82) is 0 Å². The molecule has 0 atom stereocenters. The lowest BCUT2D eigenvalue weighted by atomic mass is 10.1. The second kappa shape index (κ2) is 6.85. The molecule has 2 aromatic heterocycles. The molecule has 0 aliphatic carbocycles. The van der Waals surface area contributed by atoms with E-state index in [0.717, 1.165) is 36.8 Å². The lowest BCUT2D eigenvalue weighted by Crippen LogP contribution is -2.36. The van der Waals surface area contributed by atoms with Crippen molar-refractivity contribution in [2.75, 3.05) is 0 Å². The Morgan fingerprint density at radius 1 is 0.800 bits per heavy atom. The van der Waals surface area contributed by atoms with Crippen LogP contribution < -0.4 is 11.2 Å². The van der Waals surface area contributed by atoms with Gasteiger partial charge < -0.3 is 4.57 Å². The Labute approximate surface area is 180 Å². The normalized spacial score (nSPS) is 11.4. The summed E-state index contributed by atoms with van der Waals surface area (Å²) < 4.78 is 5.59. The lowest BCUT2D eigenvalue weighted by Gasteiger charge is -2.14. The predicted octanol–water partition coefficient (Wildman–Crippen LogP) is 4.61. The van der Waals surface area contributed by atoms with E-state index in [1.54, 1.807) is 7.05 Å². The summed E-state index contributed by atoms with van der Waals surface area (Å²) in [5.74, 6) is 0. The second-order valence-electron chi connectivity index (χ2n) is 7.29. The fraction of sp³-hybridized carbons (Fsp3) is 0.0833. The summed E-state index contributed by atoms with van der Waals surface area (Å²) in [6.45, 7) is 0. The van der Waals surface area contributed by atoms with Gasteiger partial charge in [-0.2, -0.15) is 0 Å². The van der Waals surface area contributed by atoms with Crippen LogP contribution in [0.1, 0.15) is 0 Å². The number of benzene rings is 3. The molecule has 0 fully saturated rings. The molecule has 0 radical (unpaired) electrons. The molecule has 0 saturated heterocycles. The van der Waals surface area contributed by atoms with Crippen molar-refractivity contribution in [1.82, 2.24) is 13.7 Å². The molecular formula is C24H18BrN3O2. The minimum Gasteiger partial charge on any atom is -0.313 e. The Morgan fingerprint density at radius 3 is 2.30 bits per heavy atom. The fourth-order valence-corrected chi connectivity index (χ4v) is 4.54. The summed E-state index contributed by atoms with van der Waals surface area (Å²) >= 11 is 3.65. The average molecular weight is 460 g/mol. The van der Waals surface area contributed by atoms with Crippen LogP contribution in [-0.4, -0.2) is 13.7 Å². The van der Waals surface area contributed by atoms with Crippen LogP contribution in [0, 0.1) is 0 Å². The number of rotatable bonds is 2. The largest absolute Gasteiger partial charge is 0.330 e. The van der Waals surface area contributed by atoms with Crippen LogP contribution in [0.15, 0.2) is 87.0 Å². The number of aromatic nitrogens is 3. The quantitative estimate of drug-likeness (QED) is 0.386. The maximum absolute atomic E-state index is 13.2. The highest BCUT2D eigenvalue weighted by Gasteiger charge is 2.22. The zero-order valence-corrected chi connectivity index (χ0v) is 18.1. The van der Waals surface area contributed by atoms with Crippen LogP contribution in [0.4, 0.5) is 0 Å². The first-order chi connectivity index (χ1) is 14.5. The van der Waals surface area contributed by atoms with E-state index in [4.69, 9.17) is 0 Å². The molecule has 0 unspecified atom stereocenters. The molecule has 3 aromatic carbocycles. The molecule has 0 aliphatic rings. The molecule has 6 heteroatoms. The van der Waals surface area contributed by atoms with Crippen molar-refractivity contribution in [2.45, 2.75) is 0 Å². The summed E-state index contributed by atoms with van der Waals surface area (Å²) in [5, 5.41) is 2.68. The maximum atomic E-state index is 13.2. The van der Waals surface area contributed by atoms with Crippen molar-refractivity contribution in [3.8, 4) is 16.9 Å². The Hall–Kier alpha value is -3.38. The van der Waals surface area contributed by atoms with Crippen molar-refractivity contribution < 1.29 is 0 Å². The van der Waals surface area contributed by atoms with E-state index >= 15 is 0 Å². The van der Waals surface area contributed by atoms with E-state index < -0.39 is 0 Å². The summed E-state index contributed by atoms with van der Waals surface area (Å²) in [5.41, 5.74) is 2.53. The molecule has 30 heavy (non-hydrogen) atoms. The highest BCUT2D eigenvalue weighted by molar-refractivity contribution is 9.10. The molecule has 148 valence electrons. The van der Waals surface area contributed by atoms with Gasteiger partial charge in [0.2, 0.25) is 0 Å². The topological polar surface area (TPSA) is 48.9 Å². The summed E-state index contributed by atoms with van der Waals surface area (Å²) in [7, 11) is 3.21. The lowest BCUT2D eigenvalue weighted by molar-refractivity contribution is 0.714. The first-order valence-electron chi connectivity index (χ1n) is 9.53. The van der Waals surface area contributed by atoms with Gasteiger partial charge in [0.25, 0.3) is 5.56 Å². The SMILES string of the molecule is Cn1c(=O)c2c(-c3ccccc3Br)n(-c3cccc4ccccc34)cc2n(C)c1=O. The highest BCUT2D eigenvalue weighted by Crippen LogP contribution is 2.36. The fourth-order valence-electron chi connectivity index (χ4n) is 4.07. The predicted molar refractivity (Wildman–Crippen MR) is 124 cm³/mol. The molecule has 5 nitrogen and oxygen atoms in total. The van der Waals surface area contributed by atoms with Gasteiger partial charge in [0.1, 0.15) is 0 Å². The Balaban J connectivity index is 2.04. The van der Waals surface area contributed by atoms with Gasteiger partial charge in [-0.3, -0.25) is 13.9 Å². The third kappa shape index (κ3) is 2.60. The van der Waals surface area contributed by atoms with Gasteiger partial charge in [-0.1, -0.05) is 70.5 Å². The molecule has 0 N–H and O–H groups in total. The highest BCUT2D eigenvalue weighted by atomic mass is 79.9. The third-order valence-electron chi connectivity index (χ3n) is 5.59. The molecule has 0 bridgehead atoms. The zero-order chi connectivity index (χ0) is 21.0. The summed E-state index contributed by atoms with van der Waals surface area (Å²) in [4.78, 5) is 25.8. The van der Waals surface area contributed by atoms with E-state index in [9.17, 15) is 9.59 Å². The first-order valence-corrected chi connectivity index (χ1v) is 10.3. The summed E-state index contributed by atoms with van der Waals surface area (Å²) in [6, 6.07) is 22.1. The van der Waals surface area contributed by atoms with E-state index in [0.29, 0.717) is 10.9 Å². The molecular weight excluding hydrogens is 442 g/mol. The van der Waals surface area contributed by atoms with Crippen molar-refractivity contribution in [3.63, 3.8) is 0 Å². The molecule has 0 amide bonds. The van der Waals surface area contributed by atoms with Gasteiger partial charge in [0.05, 0.1) is 22.3 Å². The Morgan fingerprint density at radius 2 is 1.50 bits per heavy atom. The number of hydrogen-bond acceptors (Lipinski definition) is 2. The van der Waals surface area contributed by atoms with Crippen molar-refractivity contribution in [2.24, 2.45) is 14.1 Å². The van der Waals surface area contributed by atoms with E-state index in [-0.39, 0.29) is 11.2 Å². The van der Waals surface area contributed by atoms with Gasteiger partial charge >= 0.3 is 5.69 Å². The van der Waals surface area contributed by atoms with Crippen molar-refractivity contribution in [3.05, 3.63) is 98.2 Å². The van der Waals surface area contributed by atoms with Gasteiger partial charge in [0.15, 0.2) is 0 Å². The average Bonchev–Trinajstić information content (AvgIpc) is 3.16. The Bertz CT molecular complexity index is 1570. The third-order valence-corrected chi connectivity index (χ3v) is 6.29. The van der Waals surface area contributed by atoms with Crippen LogP contribution in [0.3, 0.4) is 0 Å². The number of fused-ring (bicyclic) bond motifs is 2. The number of aryl methyl sites for hydroxylation is 1. The monoisotopic (exact) mass is 459 g/mol. The summed E-state index contributed by atoms with van der Waals surface area (Å²) in [6.07, 6.45) is 1.88. The van der Waals surface area contributed by atoms with Gasteiger partial charge in [-0.15, -0.1) is 0 Å². The number of halogens is 1. The minimum absolute atomic E-state index is 0.308. The van der Waals surface area contributed by atoms with Gasteiger partial charge in [-0.25, -0.2) is 4.79 Å². The van der Waals surface area contributed by atoms with Crippen LogP contribution in [0.2, 0.25) is 0 Å². The standard InChI is InChI=1S/C24H18BrN3O2/c1-26-20-14-28(19-13-7-9-15-8-3-4-10-16(15)19)22(17-11-5-6-12-18(17)25)21(20)23(29)27(2)24(26)30/h3-14H,1-2H3. The van der Waals surface area contributed by atoms with E-state index in [1.807, 2.05) is 59.3 Å². The maximum Gasteiger partial charge on any atom is 0.330 e. The molecule has 0 saturated carbocycles. The number of hydrogen-bond donors (Lipinski definition) is 0. The van der Waals surface area contributed by atoms with Crippen LogP contribution in [-0.2, 0) is 14.1 Å². The van der Waals surface area contributed by atoms with Gasteiger partial charge in [-0.05, 0) is 17.5 Å². The number of nitrogens with zero attached hydrogens (tertiary/aromatic N) is 3. The smallest absolute Gasteiger partial charge is 0.313 e. The first kappa shape index (κ1) is 18.6. The minimum atomic E-state index is -0.346.